The van der Waals surface area contributed by atoms with Gasteiger partial charge in [-0.1, -0.05) is 5.21 Å². The Labute approximate surface area is 103 Å². The van der Waals surface area contributed by atoms with Crippen LogP contribution in [-0.2, 0) is 13.1 Å². The van der Waals surface area contributed by atoms with Crippen molar-refractivity contribution in [3.63, 3.8) is 0 Å². The molecule has 0 radical (unpaired) electrons. The van der Waals surface area contributed by atoms with E-state index in [-0.39, 0.29) is 0 Å². The molecule has 0 saturated heterocycles. The van der Waals surface area contributed by atoms with E-state index >= 15 is 0 Å². The molecule has 0 bridgehead atoms. The number of rotatable bonds is 8. The van der Waals surface area contributed by atoms with Crippen molar-refractivity contribution in [2.45, 2.75) is 32.4 Å². The monoisotopic (exact) mass is 237 g/mol. The number of nitrogens with one attached hydrogen (secondary N) is 1. The first-order valence-corrected chi connectivity index (χ1v) is 6.48. The fourth-order valence-electron chi connectivity index (χ4n) is 1.80. The number of aromatic nitrogens is 3. The zero-order valence-electron chi connectivity index (χ0n) is 10.9. The SMILES string of the molecule is CN(C)CCCn1cc(CNCC2CC2)nn1. The van der Waals surface area contributed by atoms with Crippen LogP contribution in [0.2, 0.25) is 0 Å². The topological polar surface area (TPSA) is 46.0 Å². The lowest BCUT2D eigenvalue weighted by Crippen LogP contribution is -2.16. The van der Waals surface area contributed by atoms with E-state index in [9.17, 15) is 0 Å². The van der Waals surface area contributed by atoms with Gasteiger partial charge in [0.25, 0.3) is 0 Å². The van der Waals surface area contributed by atoms with E-state index in [1.165, 1.54) is 12.8 Å². The van der Waals surface area contributed by atoms with E-state index in [0.29, 0.717) is 0 Å². The fourth-order valence-corrected chi connectivity index (χ4v) is 1.80. The predicted molar refractivity (Wildman–Crippen MR) is 67.6 cm³/mol. The quantitative estimate of drug-likeness (QED) is 0.724. The molecule has 0 unspecified atom stereocenters. The summed E-state index contributed by atoms with van der Waals surface area (Å²) in [5.41, 5.74) is 1.05. The molecule has 1 fully saturated rings. The van der Waals surface area contributed by atoms with Gasteiger partial charge in [-0.15, -0.1) is 5.10 Å². The van der Waals surface area contributed by atoms with E-state index in [1.807, 2.05) is 4.68 Å². The van der Waals surface area contributed by atoms with Crippen molar-refractivity contribution in [1.82, 2.24) is 25.2 Å². The van der Waals surface area contributed by atoms with E-state index < -0.39 is 0 Å². The molecule has 0 aliphatic heterocycles. The van der Waals surface area contributed by atoms with Gasteiger partial charge in [-0.2, -0.15) is 0 Å². The number of hydrogen-bond acceptors (Lipinski definition) is 4. The van der Waals surface area contributed by atoms with Crippen molar-refractivity contribution in [2.24, 2.45) is 5.92 Å². The van der Waals surface area contributed by atoms with Crippen molar-refractivity contribution in [1.29, 1.82) is 0 Å². The van der Waals surface area contributed by atoms with Gasteiger partial charge in [0, 0.05) is 19.3 Å². The van der Waals surface area contributed by atoms with Gasteiger partial charge in [-0.05, 0) is 52.4 Å². The van der Waals surface area contributed by atoms with Crippen LogP contribution in [0.4, 0.5) is 0 Å². The Bertz CT molecular complexity index is 307. The van der Waals surface area contributed by atoms with Gasteiger partial charge in [-0.25, -0.2) is 0 Å². The molecule has 1 heterocycles. The second-order valence-electron chi connectivity index (χ2n) is 5.20. The van der Waals surface area contributed by atoms with E-state index in [1.54, 1.807) is 0 Å². The molecule has 0 spiro atoms. The number of nitrogens with zero attached hydrogens (tertiary/aromatic N) is 4. The highest BCUT2D eigenvalue weighted by Gasteiger charge is 2.20. The van der Waals surface area contributed by atoms with Crippen molar-refractivity contribution in [3.05, 3.63) is 11.9 Å². The Morgan fingerprint density at radius 1 is 1.47 bits per heavy atom. The highest BCUT2D eigenvalue weighted by atomic mass is 15.4. The highest BCUT2D eigenvalue weighted by molar-refractivity contribution is 4.92. The van der Waals surface area contributed by atoms with Crippen LogP contribution in [0.3, 0.4) is 0 Å². The van der Waals surface area contributed by atoms with E-state index in [2.05, 4.69) is 40.8 Å². The van der Waals surface area contributed by atoms with Gasteiger partial charge in [-0.3, -0.25) is 4.68 Å². The normalized spacial score (nSPS) is 15.7. The van der Waals surface area contributed by atoms with Crippen molar-refractivity contribution < 1.29 is 0 Å². The van der Waals surface area contributed by atoms with Crippen LogP contribution in [-0.4, -0.2) is 47.1 Å². The van der Waals surface area contributed by atoms with Crippen LogP contribution in [0.15, 0.2) is 6.20 Å². The molecule has 1 aliphatic carbocycles. The van der Waals surface area contributed by atoms with E-state index in [4.69, 9.17) is 0 Å². The first-order valence-electron chi connectivity index (χ1n) is 6.48. The van der Waals surface area contributed by atoms with Gasteiger partial charge >= 0.3 is 0 Å². The third-order valence-electron chi connectivity index (χ3n) is 3.01. The third-order valence-corrected chi connectivity index (χ3v) is 3.01. The molecule has 0 aromatic carbocycles. The van der Waals surface area contributed by atoms with Crippen LogP contribution in [0, 0.1) is 5.92 Å². The summed E-state index contributed by atoms with van der Waals surface area (Å²) in [4.78, 5) is 2.19. The first-order chi connectivity index (χ1) is 8.24. The Morgan fingerprint density at radius 2 is 2.29 bits per heavy atom. The van der Waals surface area contributed by atoms with Crippen molar-refractivity contribution >= 4 is 0 Å². The molecule has 1 aliphatic rings. The summed E-state index contributed by atoms with van der Waals surface area (Å²) < 4.78 is 1.94. The first kappa shape index (κ1) is 12.5. The molecule has 0 atom stereocenters. The van der Waals surface area contributed by atoms with Crippen molar-refractivity contribution in [2.75, 3.05) is 27.2 Å². The highest BCUT2D eigenvalue weighted by Crippen LogP contribution is 2.27. The molecule has 0 amide bonds. The molecule has 1 aromatic heterocycles. The summed E-state index contributed by atoms with van der Waals surface area (Å²) in [5, 5.41) is 11.7. The predicted octanol–water partition coefficient (Wildman–Crippen LogP) is 0.729. The maximum Gasteiger partial charge on any atom is 0.0964 e. The lowest BCUT2D eigenvalue weighted by Gasteiger charge is -2.08. The molecule has 5 nitrogen and oxygen atoms in total. The van der Waals surface area contributed by atoms with Crippen LogP contribution in [0.1, 0.15) is 25.0 Å². The molecule has 17 heavy (non-hydrogen) atoms. The molecular weight excluding hydrogens is 214 g/mol. The van der Waals surface area contributed by atoms with Gasteiger partial charge in [0.2, 0.25) is 0 Å². The summed E-state index contributed by atoms with van der Waals surface area (Å²) in [7, 11) is 4.18. The maximum atomic E-state index is 4.17. The average molecular weight is 237 g/mol. The second kappa shape index (κ2) is 6.12. The molecular formula is C12H23N5. The van der Waals surface area contributed by atoms with Crippen LogP contribution >= 0.6 is 0 Å². The van der Waals surface area contributed by atoms with Crippen LogP contribution in [0.5, 0.6) is 0 Å². The largest absolute Gasteiger partial charge is 0.311 e. The summed E-state index contributed by atoms with van der Waals surface area (Å²) in [6.07, 6.45) is 5.95. The Morgan fingerprint density at radius 3 is 3.00 bits per heavy atom. The Hall–Kier alpha value is -0.940. The van der Waals surface area contributed by atoms with Gasteiger partial charge in [0.1, 0.15) is 0 Å². The number of hydrogen-bond donors (Lipinski definition) is 1. The van der Waals surface area contributed by atoms with Crippen LogP contribution < -0.4 is 5.32 Å². The molecule has 2 rings (SSSR count). The second-order valence-corrected chi connectivity index (χ2v) is 5.20. The molecule has 1 aromatic rings. The minimum Gasteiger partial charge on any atom is -0.311 e. The smallest absolute Gasteiger partial charge is 0.0964 e. The minimum absolute atomic E-state index is 0.851. The average Bonchev–Trinajstić information content (AvgIpc) is 2.98. The molecule has 1 N–H and O–H groups in total. The lowest BCUT2D eigenvalue weighted by molar-refractivity contribution is 0.379. The molecule has 96 valence electrons. The summed E-state index contributed by atoms with van der Waals surface area (Å²) in [5.74, 6) is 0.921. The summed E-state index contributed by atoms with van der Waals surface area (Å²) >= 11 is 0. The third kappa shape index (κ3) is 4.83. The Balaban J connectivity index is 1.63. The number of aryl methyl sites for hydroxylation is 1. The zero-order chi connectivity index (χ0) is 12.1. The fraction of sp³-hybridized carbons (Fsp3) is 0.833. The Kier molecular flexibility index (Phi) is 4.50. The summed E-state index contributed by atoms with van der Waals surface area (Å²) in [6.45, 7) is 4.03. The summed E-state index contributed by atoms with van der Waals surface area (Å²) in [6, 6.07) is 0. The standard InChI is InChI=1S/C12H23N5/c1-16(2)6-3-7-17-10-12(14-15-17)9-13-8-11-4-5-11/h10-11,13H,3-9H2,1-2H3. The minimum atomic E-state index is 0.851. The zero-order valence-corrected chi connectivity index (χ0v) is 10.9. The van der Waals surface area contributed by atoms with Gasteiger partial charge in [0.05, 0.1) is 5.69 Å². The lowest BCUT2D eigenvalue weighted by atomic mass is 10.4. The van der Waals surface area contributed by atoms with Gasteiger partial charge in [0.15, 0.2) is 0 Å². The molecule has 1 saturated carbocycles. The van der Waals surface area contributed by atoms with Crippen molar-refractivity contribution in [3.8, 4) is 0 Å². The van der Waals surface area contributed by atoms with Gasteiger partial charge < -0.3 is 10.2 Å². The molecule has 5 heteroatoms. The van der Waals surface area contributed by atoms with E-state index in [0.717, 1.165) is 44.2 Å². The maximum absolute atomic E-state index is 4.17. The van der Waals surface area contributed by atoms with Crippen LogP contribution in [0.25, 0.3) is 0 Å².